The third-order valence-electron chi connectivity index (χ3n) is 7.77. The predicted molar refractivity (Wildman–Crippen MR) is 187 cm³/mol. The summed E-state index contributed by atoms with van der Waals surface area (Å²) in [7, 11) is -7.44. The Morgan fingerprint density at radius 1 is 0.348 bits per heavy atom. The van der Waals surface area contributed by atoms with E-state index in [1.165, 1.54) is 0 Å². The average Bonchev–Trinajstić information content (AvgIpc) is 3.15. The van der Waals surface area contributed by atoms with Gasteiger partial charge in [-0.3, -0.25) is 9.97 Å². The van der Waals surface area contributed by atoms with E-state index < -0.39 is 14.3 Å². The Balaban J connectivity index is 1.51. The summed E-state index contributed by atoms with van der Waals surface area (Å²) < 4.78 is 32.0. The first-order valence-electron chi connectivity index (χ1n) is 14.8. The number of nitrogens with zero attached hydrogens (tertiary/aromatic N) is 4. The van der Waals surface area contributed by atoms with Crippen molar-refractivity contribution < 1.29 is 9.13 Å². The summed E-state index contributed by atoms with van der Waals surface area (Å²) in [6.07, 6.45) is 3.41. The van der Waals surface area contributed by atoms with Gasteiger partial charge in [-0.15, -0.1) is 0 Å². The summed E-state index contributed by atoms with van der Waals surface area (Å²) in [5, 5.41) is 2.07. The molecule has 0 saturated carbocycles. The van der Waals surface area contributed by atoms with Crippen molar-refractivity contribution in [1.29, 1.82) is 0 Å². The van der Waals surface area contributed by atoms with Crippen molar-refractivity contribution in [3.63, 3.8) is 0 Å². The van der Waals surface area contributed by atoms with Gasteiger partial charge in [0.25, 0.3) is 0 Å². The molecular weight excluding hydrogens is 606 g/mol. The van der Waals surface area contributed by atoms with Crippen LogP contribution in [0.4, 0.5) is 0 Å². The van der Waals surface area contributed by atoms with Gasteiger partial charge < -0.3 is 9.13 Å². The van der Waals surface area contributed by atoms with Crippen molar-refractivity contribution in [3.05, 3.63) is 170 Å². The number of aromatic nitrogens is 4. The van der Waals surface area contributed by atoms with Gasteiger partial charge in [-0.05, 0) is 48.5 Å². The van der Waals surface area contributed by atoms with E-state index >= 15 is 9.13 Å². The van der Waals surface area contributed by atoms with Crippen LogP contribution in [0.2, 0.25) is 0 Å². The fourth-order valence-electron chi connectivity index (χ4n) is 5.57. The molecule has 4 aromatic heterocycles. The molecule has 0 aliphatic rings. The number of hydrogen-bond acceptors (Lipinski definition) is 6. The van der Waals surface area contributed by atoms with Crippen LogP contribution in [0, 0.1) is 0 Å². The van der Waals surface area contributed by atoms with Gasteiger partial charge in [0.2, 0.25) is 0 Å². The minimum atomic E-state index is -3.72. The highest BCUT2D eigenvalue weighted by molar-refractivity contribution is 7.90. The monoisotopic (exact) mass is 634 g/mol. The number of rotatable bonds is 8. The van der Waals surface area contributed by atoms with Crippen LogP contribution in [0.15, 0.2) is 170 Å². The van der Waals surface area contributed by atoms with Crippen molar-refractivity contribution in [2.24, 2.45) is 0 Å². The Hall–Kier alpha value is -5.28. The zero-order chi connectivity index (χ0) is 31.4. The van der Waals surface area contributed by atoms with E-state index in [4.69, 9.17) is 9.97 Å². The molecule has 0 radical (unpaired) electrons. The molecule has 0 bridgehead atoms. The van der Waals surface area contributed by atoms with Crippen LogP contribution in [0.1, 0.15) is 0 Å². The normalized spacial score (nSPS) is 13.7. The maximum absolute atomic E-state index is 16.0. The van der Waals surface area contributed by atoms with Crippen molar-refractivity contribution in [3.8, 4) is 22.8 Å². The second kappa shape index (κ2) is 12.6. The van der Waals surface area contributed by atoms with Gasteiger partial charge in [-0.2, -0.15) is 0 Å². The smallest absolute Gasteiger partial charge is 0.189 e. The topological polar surface area (TPSA) is 85.7 Å². The third-order valence-corrected chi connectivity index (χ3v) is 13.9. The summed E-state index contributed by atoms with van der Waals surface area (Å²) in [5.74, 6) is 0. The summed E-state index contributed by atoms with van der Waals surface area (Å²) in [6, 6.07) is 48.1. The molecule has 7 rings (SSSR count). The minimum Gasteiger partial charge on any atom is -0.307 e. The molecule has 8 heteroatoms. The Kier molecular flexibility index (Phi) is 8.07. The van der Waals surface area contributed by atoms with Crippen LogP contribution in [-0.2, 0) is 9.13 Å². The lowest BCUT2D eigenvalue weighted by atomic mass is 10.2. The quantitative estimate of drug-likeness (QED) is 0.194. The van der Waals surface area contributed by atoms with E-state index in [2.05, 4.69) is 9.97 Å². The van der Waals surface area contributed by atoms with Gasteiger partial charge in [-0.1, -0.05) is 109 Å². The van der Waals surface area contributed by atoms with Crippen LogP contribution in [0.3, 0.4) is 0 Å². The van der Waals surface area contributed by atoms with Gasteiger partial charge in [-0.25, -0.2) is 9.97 Å². The van der Waals surface area contributed by atoms with Crippen LogP contribution < -0.4 is 32.1 Å². The molecule has 3 aromatic carbocycles. The average molecular weight is 635 g/mol. The molecule has 0 aliphatic heterocycles. The first kappa shape index (κ1) is 29.4. The van der Waals surface area contributed by atoms with Gasteiger partial charge >= 0.3 is 0 Å². The van der Waals surface area contributed by atoms with Gasteiger partial charge in [0.1, 0.15) is 10.9 Å². The predicted octanol–water partition coefficient (Wildman–Crippen LogP) is 5.88. The van der Waals surface area contributed by atoms with Crippen LogP contribution in [0.5, 0.6) is 0 Å². The van der Waals surface area contributed by atoms with Crippen molar-refractivity contribution in [1.82, 2.24) is 19.9 Å². The molecule has 2 atom stereocenters. The summed E-state index contributed by atoms with van der Waals surface area (Å²) in [6.45, 7) is 0. The Morgan fingerprint density at radius 2 is 0.717 bits per heavy atom. The van der Waals surface area contributed by atoms with Gasteiger partial charge in [0, 0.05) is 33.6 Å². The van der Waals surface area contributed by atoms with Crippen LogP contribution in [0.25, 0.3) is 22.8 Å². The molecule has 0 amide bonds. The number of hydrogen-bond donors (Lipinski definition) is 0. The van der Waals surface area contributed by atoms with E-state index in [0.717, 1.165) is 0 Å². The van der Waals surface area contributed by atoms with Crippen LogP contribution in [-0.4, -0.2) is 19.9 Å². The lowest BCUT2D eigenvalue weighted by molar-refractivity contribution is 0.589. The molecule has 0 saturated heterocycles. The number of pyridine rings is 4. The molecule has 0 N–H and O–H groups in total. The molecule has 4 heterocycles. The Labute approximate surface area is 267 Å². The molecule has 0 spiro atoms. The van der Waals surface area contributed by atoms with Gasteiger partial charge in [0.05, 0.1) is 22.8 Å². The molecule has 0 aliphatic carbocycles. The highest BCUT2D eigenvalue weighted by Crippen LogP contribution is 2.48. The lowest BCUT2D eigenvalue weighted by Crippen LogP contribution is -2.39. The first-order chi connectivity index (χ1) is 22.6. The second-order valence-corrected chi connectivity index (χ2v) is 15.9. The fourth-order valence-corrected chi connectivity index (χ4v) is 11.7. The van der Waals surface area contributed by atoms with Crippen molar-refractivity contribution >= 4 is 46.4 Å². The lowest BCUT2D eigenvalue weighted by Gasteiger charge is -2.27. The maximum atomic E-state index is 16.0. The molecule has 7 aromatic rings. The largest absolute Gasteiger partial charge is 0.307 e. The second-order valence-electron chi connectivity index (χ2n) is 10.6. The SMILES string of the molecule is O=P(c1ccccc1)(c1cccc(-c2ccccn2)n1)c1ccccc1P(=O)(c1ccccc1)c1cccc(-c2ccccn2)n1. The zero-order valence-corrected chi connectivity index (χ0v) is 26.5. The Morgan fingerprint density at radius 3 is 1.11 bits per heavy atom. The van der Waals surface area contributed by atoms with E-state index in [1.54, 1.807) is 24.5 Å². The number of benzene rings is 3. The van der Waals surface area contributed by atoms with E-state index in [0.29, 0.717) is 54.9 Å². The van der Waals surface area contributed by atoms with Crippen molar-refractivity contribution in [2.45, 2.75) is 0 Å². The molecule has 222 valence electrons. The highest BCUT2D eigenvalue weighted by atomic mass is 31.2. The van der Waals surface area contributed by atoms with Crippen molar-refractivity contribution in [2.75, 3.05) is 0 Å². The summed E-state index contributed by atoms with van der Waals surface area (Å²) in [4.78, 5) is 18.9. The minimum absolute atomic E-state index is 0.379. The fraction of sp³-hybridized carbons (Fsp3) is 0. The third kappa shape index (κ3) is 5.32. The zero-order valence-electron chi connectivity index (χ0n) is 24.7. The molecular formula is C38H28N4O2P2. The molecule has 2 unspecified atom stereocenters. The Bertz CT molecular complexity index is 2060. The highest BCUT2D eigenvalue weighted by Gasteiger charge is 2.41. The molecule has 46 heavy (non-hydrogen) atoms. The summed E-state index contributed by atoms with van der Waals surface area (Å²) in [5.41, 5.74) is 3.30. The summed E-state index contributed by atoms with van der Waals surface area (Å²) >= 11 is 0. The van der Waals surface area contributed by atoms with Crippen LogP contribution >= 0.6 is 14.3 Å². The maximum Gasteiger partial charge on any atom is 0.189 e. The molecule has 0 fully saturated rings. The van der Waals surface area contributed by atoms with Gasteiger partial charge in [0.15, 0.2) is 14.3 Å². The molecule has 6 nitrogen and oxygen atoms in total. The standard InChI is InChI=1S/C38H28N4O2P2/c43-45(29-15-3-1-4-16-29,37-25-13-21-33(41-37)31-19-9-11-27-39-31)35-23-7-8-24-36(35)46(44,30-17-5-2-6-18-30)38-26-14-22-34(42-38)32-20-10-12-28-40-32/h1-28H. The van der Waals surface area contributed by atoms with E-state index in [-0.39, 0.29) is 0 Å². The van der Waals surface area contributed by atoms with E-state index in [1.807, 2.05) is 146 Å². The van der Waals surface area contributed by atoms with E-state index in [9.17, 15) is 0 Å². The first-order valence-corrected chi connectivity index (χ1v) is 18.2.